The molecule has 2 N–H and O–H groups in total. The lowest BCUT2D eigenvalue weighted by molar-refractivity contribution is -0.144. The van der Waals surface area contributed by atoms with Gasteiger partial charge in [-0.25, -0.2) is 0 Å². The van der Waals surface area contributed by atoms with Crippen LogP contribution in [0.2, 0.25) is 0 Å². The number of carboxylic acid groups (broad SMARTS) is 1. The van der Waals surface area contributed by atoms with Crippen molar-refractivity contribution in [2.24, 2.45) is 5.92 Å². The van der Waals surface area contributed by atoms with E-state index in [9.17, 15) is 4.79 Å². The largest absolute Gasteiger partial charge is 0.481 e. The van der Waals surface area contributed by atoms with Gasteiger partial charge in [-0.05, 0) is 12.8 Å². The third-order valence-corrected chi connectivity index (χ3v) is 1.82. The van der Waals surface area contributed by atoms with E-state index in [-0.39, 0.29) is 6.61 Å². The highest BCUT2D eigenvalue weighted by Crippen LogP contribution is 2.14. The maximum absolute atomic E-state index is 10.5. The van der Waals surface area contributed by atoms with E-state index >= 15 is 0 Å². The molecule has 0 bridgehead atoms. The Bertz CT molecular complexity index is 145. The second kappa shape index (κ2) is 3.69. The Kier molecular flexibility index (Phi) is 2.84. The fourth-order valence-electron chi connectivity index (χ4n) is 1.13. The standard InChI is InChI=1S/C7H12O4/c8-6-1-2-11-4-5(3-6)7(9)10/h5-6,8H,1-4H2,(H,9,10)/t5-,6+/m0/s1. The minimum absolute atomic E-state index is 0.229. The first-order valence-electron chi connectivity index (χ1n) is 3.68. The van der Waals surface area contributed by atoms with Gasteiger partial charge in [-0.3, -0.25) is 4.79 Å². The van der Waals surface area contributed by atoms with Crippen LogP contribution in [-0.2, 0) is 9.53 Å². The number of hydrogen-bond acceptors (Lipinski definition) is 3. The fraction of sp³-hybridized carbons (Fsp3) is 0.857. The molecule has 4 heteroatoms. The second-order valence-corrected chi connectivity index (χ2v) is 2.79. The summed E-state index contributed by atoms with van der Waals surface area (Å²) < 4.78 is 5.00. The maximum Gasteiger partial charge on any atom is 0.308 e. The molecule has 4 nitrogen and oxygen atoms in total. The minimum Gasteiger partial charge on any atom is -0.481 e. The second-order valence-electron chi connectivity index (χ2n) is 2.79. The molecule has 2 atom stereocenters. The SMILES string of the molecule is O=C(O)[C@@H]1COCC[C@@H](O)C1. The number of aliphatic hydroxyl groups is 1. The molecule has 0 radical (unpaired) electrons. The molecule has 1 fully saturated rings. The van der Waals surface area contributed by atoms with Crippen LogP contribution in [0.25, 0.3) is 0 Å². The zero-order chi connectivity index (χ0) is 8.27. The zero-order valence-electron chi connectivity index (χ0n) is 6.19. The summed E-state index contributed by atoms with van der Waals surface area (Å²) in [6.07, 6.45) is 0.345. The Morgan fingerprint density at radius 2 is 2.27 bits per heavy atom. The number of hydrogen-bond donors (Lipinski definition) is 2. The Morgan fingerprint density at radius 1 is 1.55 bits per heavy atom. The number of aliphatic carboxylic acids is 1. The van der Waals surface area contributed by atoms with Crippen LogP contribution in [0.3, 0.4) is 0 Å². The molecule has 11 heavy (non-hydrogen) atoms. The van der Waals surface area contributed by atoms with Gasteiger partial charge >= 0.3 is 5.97 Å². The van der Waals surface area contributed by atoms with Crippen molar-refractivity contribution < 1.29 is 19.7 Å². The van der Waals surface area contributed by atoms with Crippen LogP contribution in [0, 0.1) is 5.92 Å². The van der Waals surface area contributed by atoms with Gasteiger partial charge in [0.05, 0.1) is 18.6 Å². The molecule has 0 aromatic carbocycles. The van der Waals surface area contributed by atoms with Crippen LogP contribution < -0.4 is 0 Å². The van der Waals surface area contributed by atoms with Crippen molar-refractivity contribution in [3.05, 3.63) is 0 Å². The van der Waals surface area contributed by atoms with Crippen LogP contribution in [0.5, 0.6) is 0 Å². The van der Waals surface area contributed by atoms with Crippen molar-refractivity contribution in [3.8, 4) is 0 Å². The van der Waals surface area contributed by atoms with E-state index in [1.165, 1.54) is 0 Å². The molecule has 0 amide bonds. The first-order valence-corrected chi connectivity index (χ1v) is 3.68. The van der Waals surface area contributed by atoms with Gasteiger partial charge in [0.25, 0.3) is 0 Å². The predicted octanol–water partition coefficient (Wildman–Crippen LogP) is -0.142. The van der Waals surface area contributed by atoms with Crippen molar-refractivity contribution in [3.63, 3.8) is 0 Å². The molecule has 64 valence electrons. The van der Waals surface area contributed by atoms with Gasteiger partial charge < -0.3 is 14.9 Å². The summed E-state index contributed by atoms with van der Waals surface area (Å²) in [5.74, 6) is -1.42. The molecule has 0 saturated carbocycles. The van der Waals surface area contributed by atoms with Crippen molar-refractivity contribution in [1.29, 1.82) is 0 Å². The van der Waals surface area contributed by atoms with Crippen molar-refractivity contribution in [2.75, 3.05) is 13.2 Å². The van der Waals surface area contributed by atoms with E-state index in [2.05, 4.69) is 0 Å². The Balaban J connectivity index is 2.45. The lowest BCUT2D eigenvalue weighted by Crippen LogP contribution is -2.21. The first-order chi connectivity index (χ1) is 5.20. The van der Waals surface area contributed by atoms with E-state index in [0.717, 1.165) is 0 Å². The third-order valence-electron chi connectivity index (χ3n) is 1.82. The molecule has 1 heterocycles. The molecular formula is C7H12O4. The zero-order valence-corrected chi connectivity index (χ0v) is 6.19. The van der Waals surface area contributed by atoms with Crippen LogP contribution in [0.4, 0.5) is 0 Å². The van der Waals surface area contributed by atoms with Gasteiger partial charge in [-0.2, -0.15) is 0 Å². The van der Waals surface area contributed by atoms with Gasteiger partial charge in [0.1, 0.15) is 0 Å². The predicted molar refractivity (Wildman–Crippen MR) is 37.2 cm³/mol. The van der Waals surface area contributed by atoms with E-state index in [1.807, 2.05) is 0 Å². The smallest absolute Gasteiger partial charge is 0.308 e. The van der Waals surface area contributed by atoms with Crippen LogP contribution in [0.15, 0.2) is 0 Å². The van der Waals surface area contributed by atoms with Crippen LogP contribution in [0.1, 0.15) is 12.8 Å². The summed E-state index contributed by atoms with van der Waals surface area (Å²) >= 11 is 0. The molecule has 0 unspecified atom stereocenters. The Hall–Kier alpha value is -0.610. The highest BCUT2D eigenvalue weighted by molar-refractivity contribution is 5.70. The summed E-state index contributed by atoms with van der Waals surface area (Å²) in [7, 11) is 0. The lowest BCUT2D eigenvalue weighted by atomic mass is 10.0. The number of aliphatic hydroxyl groups excluding tert-OH is 1. The average Bonchev–Trinajstić information content (AvgIpc) is 2.13. The number of carbonyl (C=O) groups is 1. The summed E-state index contributed by atoms with van der Waals surface area (Å²) in [5.41, 5.74) is 0. The van der Waals surface area contributed by atoms with Crippen molar-refractivity contribution >= 4 is 5.97 Å². The normalized spacial score (nSPS) is 32.8. The number of rotatable bonds is 1. The molecule has 0 aliphatic carbocycles. The summed E-state index contributed by atoms with van der Waals surface area (Å²) in [6.45, 7) is 0.692. The first kappa shape index (κ1) is 8.49. The molecule has 0 aromatic heterocycles. The van der Waals surface area contributed by atoms with E-state index < -0.39 is 18.0 Å². The van der Waals surface area contributed by atoms with E-state index in [4.69, 9.17) is 14.9 Å². The molecule has 0 aromatic rings. The van der Waals surface area contributed by atoms with Gasteiger partial charge in [-0.15, -0.1) is 0 Å². The number of carboxylic acids is 1. The molecule has 0 spiro atoms. The summed E-state index contributed by atoms with van der Waals surface area (Å²) in [5, 5.41) is 17.8. The topological polar surface area (TPSA) is 66.8 Å². The van der Waals surface area contributed by atoms with Crippen LogP contribution >= 0.6 is 0 Å². The van der Waals surface area contributed by atoms with E-state index in [0.29, 0.717) is 19.4 Å². The highest BCUT2D eigenvalue weighted by atomic mass is 16.5. The monoisotopic (exact) mass is 160 g/mol. The minimum atomic E-state index is -0.883. The van der Waals surface area contributed by atoms with Crippen molar-refractivity contribution in [1.82, 2.24) is 0 Å². The Morgan fingerprint density at radius 3 is 2.91 bits per heavy atom. The van der Waals surface area contributed by atoms with Crippen LogP contribution in [-0.4, -0.2) is 35.5 Å². The molecule has 1 saturated heterocycles. The molecule has 1 rings (SSSR count). The Labute approximate surface area is 64.8 Å². The fourth-order valence-corrected chi connectivity index (χ4v) is 1.13. The third kappa shape index (κ3) is 2.48. The summed E-state index contributed by atoms with van der Waals surface area (Å²) in [4.78, 5) is 10.5. The van der Waals surface area contributed by atoms with Gasteiger partial charge in [0.15, 0.2) is 0 Å². The van der Waals surface area contributed by atoms with E-state index in [1.54, 1.807) is 0 Å². The van der Waals surface area contributed by atoms with Gasteiger partial charge in [0.2, 0.25) is 0 Å². The average molecular weight is 160 g/mol. The highest BCUT2D eigenvalue weighted by Gasteiger charge is 2.24. The maximum atomic E-state index is 10.5. The van der Waals surface area contributed by atoms with Gasteiger partial charge in [-0.1, -0.05) is 0 Å². The quantitative estimate of drug-likeness (QED) is 0.560. The van der Waals surface area contributed by atoms with Crippen molar-refractivity contribution in [2.45, 2.75) is 18.9 Å². The lowest BCUT2D eigenvalue weighted by Gasteiger charge is -2.09. The molecular weight excluding hydrogens is 148 g/mol. The van der Waals surface area contributed by atoms with Gasteiger partial charge in [0, 0.05) is 6.61 Å². The molecule has 1 aliphatic rings. The molecule has 1 aliphatic heterocycles. The summed E-state index contributed by atoms with van der Waals surface area (Å²) in [6, 6.07) is 0. The number of ether oxygens (including phenoxy) is 1.